The third-order valence-corrected chi connectivity index (χ3v) is 4.69. The maximum Gasteiger partial charge on any atom is 0.0426 e. The fraction of sp³-hybridized carbons (Fsp3) is 0.250. The van der Waals surface area contributed by atoms with Crippen molar-refractivity contribution in [2.75, 3.05) is 13.1 Å². The zero-order valence-corrected chi connectivity index (χ0v) is 12.9. The molecule has 0 radical (unpaired) electrons. The van der Waals surface area contributed by atoms with Crippen molar-refractivity contribution in [3.05, 3.63) is 71.8 Å². The highest BCUT2D eigenvalue weighted by atomic mass is 35.5. The van der Waals surface area contributed by atoms with E-state index in [0.29, 0.717) is 13.1 Å². The van der Waals surface area contributed by atoms with Crippen molar-refractivity contribution in [3.63, 3.8) is 0 Å². The lowest BCUT2D eigenvalue weighted by atomic mass is 10.1. The van der Waals surface area contributed by atoms with E-state index in [1.165, 1.54) is 11.1 Å². The fourth-order valence-electron chi connectivity index (χ4n) is 2.07. The molecular formula is C16H21ClN2S. The van der Waals surface area contributed by atoms with Gasteiger partial charge < -0.3 is 11.5 Å². The number of nitrogens with two attached hydrogens (primary N) is 2. The second kappa shape index (κ2) is 9.03. The highest BCUT2D eigenvalue weighted by Gasteiger charge is 2.17. The van der Waals surface area contributed by atoms with Gasteiger partial charge in [0.2, 0.25) is 0 Å². The van der Waals surface area contributed by atoms with E-state index in [0.717, 1.165) is 0 Å². The highest BCUT2D eigenvalue weighted by Crippen LogP contribution is 2.39. The molecule has 4 N–H and O–H groups in total. The van der Waals surface area contributed by atoms with E-state index in [1.54, 1.807) is 0 Å². The Morgan fingerprint density at radius 3 is 1.35 bits per heavy atom. The van der Waals surface area contributed by atoms with Crippen molar-refractivity contribution in [3.8, 4) is 0 Å². The van der Waals surface area contributed by atoms with E-state index in [1.807, 2.05) is 23.9 Å². The largest absolute Gasteiger partial charge is 0.329 e. The van der Waals surface area contributed by atoms with Gasteiger partial charge in [-0.2, -0.15) is 0 Å². The van der Waals surface area contributed by atoms with Crippen LogP contribution in [0.5, 0.6) is 0 Å². The summed E-state index contributed by atoms with van der Waals surface area (Å²) in [6, 6.07) is 20.8. The van der Waals surface area contributed by atoms with Gasteiger partial charge in [0.15, 0.2) is 0 Å². The van der Waals surface area contributed by atoms with Crippen molar-refractivity contribution in [2.45, 2.75) is 10.5 Å². The molecule has 4 heteroatoms. The number of halogens is 1. The first kappa shape index (κ1) is 17.1. The van der Waals surface area contributed by atoms with Gasteiger partial charge in [-0.1, -0.05) is 60.7 Å². The zero-order chi connectivity index (χ0) is 13.5. The zero-order valence-electron chi connectivity index (χ0n) is 11.3. The molecule has 0 aliphatic carbocycles. The minimum absolute atomic E-state index is 0. The predicted octanol–water partition coefficient (Wildman–Crippen LogP) is 3.54. The quantitative estimate of drug-likeness (QED) is 0.858. The Labute approximate surface area is 131 Å². The van der Waals surface area contributed by atoms with Gasteiger partial charge >= 0.3 is 0 Å². The van der Waals surface area contributed by atoms with E-state index in [-0.39, 0.29) is 22.9 Å². The summed E-state index contributed by atoms with van der Waals surface area (Å²) in [5, 5.41) is 0.574. The van der Waals surface area contributed by atoms with Crippen LogP contribution in [0.3, 0.4) is 0 Å². The molecule has 2 atom stereocenters. The molecule has 2 unspecified atom stereocenters. The summed E-state index contributed by atoms with van der Waals surface area (Å²) in [5.41, 5.74) is 14.4. The lowest BCUT2D eigenvalue weighted by Gasteiger charge is -2.22. The Balaban J connectivity index is 0.00000200. The van der Waals surface area contributed by atoms with Crippen molar-refractivity contribution >= 4 is 24.2 Å². The van der Waals surface area contributed by atoms with Crippen LogP contribution in [0.4, 0.5) is 0 Å². The third-order valence-electron chi connectivity index (χ3n) is 3.10. The standard InChI is InChI=1S/C16H20N2S.ClH/c17-11-15(13-7-3-1-4-8-13)19-16(12-18)14-9-5-2-6-10-14;/h1-10,15-16H,11-12,17-18H2;1H. The van der Waals surface area contributed by atoms with E-state index < -0.39 is 0 Å². The SMILES string of the molecule is Cl.NCC(SC(CN)c1ccccc1)c1ccccc1. The molecule has 0 saturated heterocycles. The van der Waals surface area contributed by atoms with Crippen molar-refractivity contribution in [1.29, 1.82) is 0 Å². The van der Waals surface area contributed by atoms with Crippen molar-refractivity contribution in [1.82, 2.24) is 0 Å². The van der Waals surface area contributed by atoms with Gasteiger partial charge in [0.25, 0.3) is 0 Å². The van der Waals surface area contributed by atoms with Crippen LogP contribution in [0.25, 0.3) is 0 Å². The monoisotopic (exact) mass is 308 g/mol. The average Bonchev–Trinajstić information content (AvgIpc) is 2.50. The summed E-state index contributed by atoms with van der Waals surface area (Å²) in [6.07, 6.45) is 0. The lowest BCUT2D eigenvalue weighted by molar-refractivity contribution is 0.894. The molecular weight excluding hydrogens is 288 g/mol. The van der Waals surface area contributed by atoms with Crippen LogP contribution in [0.15, 0.2) is 60.7 Å². The van der Waals surface area contributed by atoms with Gasteiger partial charge in [-0.3, -0.25) is 0 Å². The molecule has 108 valence electrons. The molecule has 2 nitrogen and oxygen atoms in total. The molecule has 0 spiro atoms. The average molecular weight is 309 g/mol. The second-order valence-corrected chi connectivity index (χ2v) is 5.82. The van der Waals surface area contributed by atoms with Crippen LogP contribution in [-0.2, 0) is 0 Å². The molecule has 0 aromatic heterocycles. The molecule has 0 aliphatic heterocycles. The molecule has 0 amide bonds. The van der Waals surface area contributed by atoms with Crippen LogP contribution in [0.2, 0.25) is 0 Å². The molecule has 2 aromatic carbocycles. The van der Waals surface area contributed by atoms with E-state index >= 15 is 0 Å². The van der Waals surface area contributed by atoms with E-state index in [9.17, 15) is 0 Å². The van der Waals surface area contributed by atoms with Gasteiger partial charge in [0.1, 0.15) is 0 Å². The third kappa shape index (κ3) is 4.53. The number of rotatable bonds is 6. The van der Waals surface area contributed by atoms with Gasteiger partial charge in [0, 0.05) is 23.6 Å². The maximum atomic E-state index is 5.92. The van der Waals surface area contributed by atoms with Gasteiger partial charge in [-0.05, 0) is 11.1 Å². The first-order valence-corrected chi connectivity index (χ1v) is 7.45. The van der Waals surface area contributed by atoms with Gasteiger partial charge in [0.05, 0.1) is 0 Å². The molecule has 20 heavy (non-hydrogen) atoms. The number of hydrogen-bond donors (Lipinski definition) is 2. The van der Waals surface area contributed by atoms with Crippen LogP contribution in [-0.4, -0.2) is 13.1 Å². The van der Waals surface area contributed by atoms with Crippen LogP contribution < -0.4 is 11.5 Å². The molecule has 0 aliphatic rings. The smallest absolute Gasteiger partial charge is 0.0426 e. The summed E-state index contributed by atoms with van der Waals surface area (Å²) in [5.74, 6) is 0. The molecule has 0 fully saturated rings. The predicted molar refractivity (Wildman–Crippen MR) is 91.3 cm³/mol. The number of thioether (sulfide) groups is 1. The summed E-state index contributed by atoms with van der Waals surface area (Å²) in [7, 11) is 0. The molecule has 0 bridgehead atoms. The summed E-state index contributed by atoms with van der Waals surface area (Å²) in [6.45, 7) is 1.25. The van der Waals surface area contributed by atoms with Gasteiger partial charge in [-0.25, -0.2) is 0 Å². The fourth-order valence-corrected chi connectivity index (χ4v) is 3.32. The van der Waals surface area contributed by atoms with Crippen molar-refractivity contribution in [2.24, 2.45) is 11.5 Å². The number of benzene rings is 2. The first-order chi connectivity index (χ1) is 9.35. The lowest BCUT2D eigenvalue weighted by Crippen LogP contribution is -2.15. The van der Waals surface area contributed by atoms with Crippen LogP contribution >= 0.6 is 24.2 Å². The summed E-state index contributed by atoms with van der Waals surface area (Å²) < 4.78 is 0. The molecule has 2 rings (SSSR count). The van der Waals surface area contributed by atoms with E-state index in [4.69, 9.17) is 11.5 Å². The normalized spacial score (nSPS) is 13.3. The molecule has 0 heterocycles. The highest BCUT2D eigenvalue weighted by molar-refractivity contribution is 7.99. The summed E-state index contributed by atoms with van der Waals surface area (Å²) >= 11 is 1.85. The molecule has 0 saturated carbocycles. The Bertz CT molecular complexity index is 433. The first-order valence-electron chi connectivity index (χ1n) is 6.50. The minimum atomic E-state index is 0. The summed E-state index contributed by atoms with van der Waals surface area (Å²) in [4.78, 5) is 0. The number of hydrogen-bond acceptors (Lipinski definition) is 3. The Hall–Kier alpha value is -1.00. The Morgan fingerprint density at radius 2 is 1.05 bits per heavy atom. The maximum absolute atomic E-state index is 5.92. The van der Waals surface area contributed by atoms with Crippen LogP contribution in [0.1, 0.15) is 21.6 Å². The second-order valence-electron chi connectivity index (χ2n) is 4.41. The Morgan fingerprint density at radius 1 is 0.700 bits per heavy atom. The van der Waals surface area contributed by atoms with Crippen molar-refractivity contribution < 1.29 is 0 Å². The topological polar surface area (TPSA) is 52.0 Å². The van der Waals surface area contributed by atoms with Gasteiger partial charge in [-0.15, -0.1) is 24.2 Å². The molecule has 2 aromatic rings. The minimum Gasteiger partial charge on any atom is -0.329 e. The van der Waals surface area contributed by atoms with Crippen LogP contribution in [0, 0.1) is 0 Å². The van der Waals surface area contributed by atoms with E-state index in [2.05, 4.69) is 48.5 Å². The Kier molecular flexibility index (Phi) is 7.70.